The van der Waals surface area contributed by atoms with Crippen molar-refractivity contribution in [3.8, 4) is 0 Å². The highest BCUT2D eigenvalue weighted by molar-refractivity contribution is 8.23. The monoisotopic (exact) mass is 391 g/mol. The van der Waals surface area contributed by atoms with Crippen LogP contribution in [0.25, 0.3) is 10.2 Å². The van der Waals surface area contributed by atoms with Crippen molar-refractivity contribution >= 4 is 62.1 Å². The molecule has 4 heterocycles. The van der Waals surface area contributed by atoms with Crippen LogP contribution in [0.2, 0.25) is 0 Å². The molecule has 0 saturated carbocycles. The summed E-state index contributed by atoms with van der Waals surface area (Å²) in [4.78, 5) is 31.5. The number of fused-ring (bicyclic) bond motifs is 2. The molecule has 128 valence electrons. The summed E-state index contributed by atoms with van der Waals surface area (Å²) in [5.74, 6) is -1.09. The summed E-state index contributed by atoms with van der Waals surface area (Å²) in [7, 11) is 0. The summed E-state index contributed by atoms with van der Waals surface area (Å²) in [5, 5.41) is 10.8. The second-order valence-electron chi connectivity index (χ2n) is 6.09. The lowest BCUT2D eigenvalue weighted by atomic mass is 10.2. The van der Waals surface area contributed by atoms with Gasteiger partial charge in [-0.1, -0.05) is 35.2 Å². The van der Waals surface area contributed by atoms with Crippen molar-refractivity contribution in [2.45, 2.75) is 17.0 Å². The van der Waals surface area contributed by atoms with E-state index in [1.807, 2.05) is 18.2 Å². The molecule has 3 aliphatic rings. The molecule has 1 unspecified atom stereocenters. The number of nitrogens with zero attached hydrogens (tertiary/aromatic N) is 3. The predicted molar refractivity (Wildman–Crippen MR) is 101 cm³/mol. The molecule has 9 heteroatoms. The molecule has 2 aromatic rings. The molecule has 1 amide bonds. The van der Waals surface area contributed by atoms with Crippen LogP contribution >= 0.6 is 34.9 Å². The SMILES string of the molecule is O=C(O)C1=C(SC2CN(c3nc4ccccc4s3)C2)SC2CC(=O)N12. The second kappa shape index (κ2) is 5.65. The molecular weight excluding hydrogens is 378 g/mol. The Morgan fingerprint density at radius 1 is 1.32 bits per heavy atom. The fourth-order valence-electron chi connectivity index (χ4n) is 3.12. The first kappa shape index (κ1) is 15.5. The van der Waals surface area contributed by atoms with Gasteiger partial charge in [0.05, 0.1) is 26.2 Å². The molecule has 0 bridgehead atoms. The lowest BCUT2D eigenvalue weighted by Gasteiger charge is -2.38. The van der Waals surface area contributed by atoms with E-state index < -0.39 is 5.97 Å². The maximum absolute atomic E-state index is 11.7. The van der Waals surface area contributed by atoms with E-state index in [4.69, 9.17) is 0 Å². The van der Waals surface area contributed by atoms with Gasteiger partial charge in [0.25, 0.3) is 0 Å². The number of carbonyl (C=O) groups is 2. The molecule has 0 radical (unpaired) electrons. The molecule has 1 aromatic heterocycles. The molecule has 1 atom stereocenters. The van der Waals surface area contributed by atoms with E-state index in [0.29, 0.717) is 11.7 Å². The van der Waals surface area contributed by atoms with Crippen LogP contribution in [0.5, 0.6) is 0 Å². The Morgan fingerprint density at radius 2 is 2.12 bits per heavy atom. The van der Waals surface area contributed by atoms with Crippen LogP contribution in [0.1, 0.15) is 6.42 Å². The fraction of sp³-hybridized carbons (Fsp3) is 0.312. The number of thioether (sulfide) groups is 2. The minimum absolute atomic E-state index is 0.0125. The average molecular weight is 391 g/mol. The standard InChI is InChI=1S/C16H13N3O3S3/c20-11-5-12-19(11)13(14(21)22)15(25-12)23-8-6-18(7-8)16-17-9-3-1-2-4-10(9)24-16/h1-4,8,12H,5-7H2,(H,21,22). The smallest absolute Gasteiger partial charge is 0.354 e. The number of hydrogen-bond acceptors (Lipinski definition) is 7. The number of carboxylic acids is 1. The van der Waals surface area contributed by atoms with Crippen molar-refractivity contribution < 1.29 is 14.7 Å². The number of hydrogen-bond donors (Lipinski definition) is 1. The number of β-lactam (4-membered cyclic amide) rings is 1. The number of thiazole rings is 1. The Morgan fingerprint density at radius 3 is 2.84 bits per heavy atom. The van der Waals surface area contributed by atoms with Crippen LogP contribution in [0.15, 0.2) is 34.2 Å². The van der Waals surface area contributed by atoms with E-state index in [1.165, 1.54) is 21.4 Å². The second-order valence-corrected chi connectivity index (χ2v) is 9.86. The largest absolute Gasteiger partial charge is 0.477 e. The van der Waals surface area contributed by atoms with Crippen molar-refractivity contribution in [3.63, 3.8) is 0 Å². The summed E-state index contributed by atoms with van der Waals surface area (Å²) in [5.41, 5.74) is 1.19. The number of carboxylic acid groups (broad SMARTS) is 1. The van der Waals surface area contributed by atoms with E-state index in [0.717, 1.165) is 28.0 Å². The van der Waals surface area contributed by atoms with Gasteiger partial charge in [0.1, 0.15) is 0 Å². The first-order chi connectivity index (χ1) is 12.1. The first-order valence-corrected chi connectivity index (χ1v) is 10.4. The number of rotatable bonds is 4. The van der Waals surface area contributed by atoms with Gasteiger partial charge in [0.15, 0.2) is 10.8 Å². The van der Waals surface area contributed by atoms with Crippen molar-refractivity contribution in [3.05, 3.63) is 34.2 Å². The van der Waals surface area contributed by atoms with E-state index in [9.17, 15) is 14.7 Å². The quantitative estimate of drug-likeness (QED) is 0.804. The zero-order valence-electron chi connectivity index (χ0n) is 12.9. The molecule has 0 aliphatic carbocycles. The normalized spacial score (nSPS) is 23.0. The Balaban J connectivity index is 1.28. The van der Waals surface area contributed by atoms with Crippen LogP contribution < -0.4 is 4.90 Å². The highest BCUT2D eigenvalue weighted by Gasteiger charge is 2.49. The summed E-state index contributed by atoms with van der Waals surface area (Å²) in [6.07, 6.45) is 0.438. The molecule has 3 aliphatic heterocycles. The number of amides is 1. The predicted octanol–water partition coefficient (Wildman–Crippen LogP) is 2.78. The minimum atomic E-state index is -1.01. The molecular formula is C16H13N3O3S3. The molecule has 0 spiro atoms. The van der Waals surface area contributed by atoms with Gasteiger partial charge in [-0.05, 0) is 12.1 Å². The van der Waals surface area contributed by atoms with Gasteiger partial charge in [-0.25, -0.2) is 9.78 Å². The lowest BCUT2D eigenvalue weighted by molar-refractivity contribution is -0.145. The summed E-state index contributed by atoms with van der Waals surface area (Å²) < 4.78 is 1.95. The van der Waals surface area contributed by atoms with Gasteiger partial charge in [-0.2, -0.15) is 0 Å². The third kappa shape index (κ3) is 2.44. The van der Waals surface area contributed by atoms with E-state index in [2.05, 4.69) is 16.0 Å². The Labute approximate surface area is 155 Å². The van der Waals surface area contributed by atoms with Crippen molar-refractivity contribution in [1.82, 2.24) is 9.88 Å². The van der Waals surface area contributed by atoms with Gasteiger partial charge >= 0.3 is 5.97 Å². The third-order valence-electron chi connectivity index (χ3n) is 4.46. The number of aromatic nitrogens is 1. The van der Waals surface area contributed by atoms with Crippen LogP contribution in [0.4, 0.5) is 5.13 Å². The summed E-state index contributed by atoms with van der Waals surface area (Å²) >= 11 is 4.79. The summed E-state index contributed by atoms with van der Waals surface area (Å²) in [6, 6.07) is 8.09. The molecule has 1 aromatic carbocycles. The molecule has 25 heavy (non-hydrogen) atoms. The highest BCUT2D eigenvalue weighted by Crippen LogP contribution is 2.52. The van der Waals surface area contributed by atoms with Crippen molar-refractivity contribution in [2.24, 2.45) is 0 Å². The topological polar surface area (TPSA) is 73.7 Å². The zero-order chi connectivity index (χ0) is 17.1. The Hall–Kier alpha value is -1.71. The van der Waals surface area contributed by atoms with Crippen LogP contribution in [-0.4, -0.2) is 50.6 Å². The molecule has 1 N–H and O–H groups in total. The van der Waals surface area contributed by atoms with E-state index >= 15 is 0 Å². The van der Waals surface area contributed by atoms with Crippen LogP contribution in [0.3, 0.4) is 0 Å². The fourth-order valence-corrected chi connectivity index (χ4v) is 7.27. The molecule has 5 rings (SSSR count). The van der Waals surface area contributed by atoms with Gasteiger partial charge in [0.2, 0.25) is 5.91 Å². The highest BCUT2D eigenvalue weighted by atomic mass is 32.2. The van der Waals surface area contributed by atoms with Gasteiger partial charge in [-0.15, -0.1) is 11.8 Å². The third-order valence-corrected chi connectivity index (χ3v) is 8.23. The lowest BCUT2D eigenvalue weighted by Crippen LogP contribution is -2.49. The number of para-hydroxylation sites is 1. The zero-order valence-corrected chi connectivity index (χ0v) is 15.4. The number of aliphatic carboxylic acids is 1. The van der Waals surface area contributed by atoms with E-state index in [1.54, 1.807) is 23.1 Å². The molecule has 2 saturated heterocycles. The number of anilines is 1. The minimum Gasteiger partial charge on any atom is -0.477 e. The Kier molecular flexibility index (Phi) is 3.51. The molecule has 6 nitrogen and oxygen atoms in total. The summed E-state index contributed by atoms with van der Waals surface area (Å²) in [6.45, 7) is 1.69. The van der Waals surface area contributed by atoms with Crippen molar-refractivity contribution in [1.29, 1.82) is 0 Å². The maximum Gasteiger partial charge on any atom is 0.354 e. The Bertz CT molecular complexity index is 902. The first-order valence-electron chi connectivity index (χ1n) is 7.83. The van der Waals surface area contributed by atoms with Crippen molar-refractivity contribution in [2.75, 3.05) is 18.0 Å². The van der Waals surface area contributed by atoms with Gasteiger partial charge in [-0.3, -0.25) is 9.69 Å². The van der Waals surface area contributed by atoms with Crippen LogP contribution in [-0.2, 0) is 9.59 Å². The maximum atomic E-state index is 11.7. The number of carbonyl (C=O) groups excluding carboxylic acids is 1. The van der Waals surface area contributed by atoms with Gasteiger partial charge in [0, 0.05) is 18.3 Å². The van der Waals surface area contributed by atoms with E-state index in [-0.39, 0.29) is 17.0 Å². The van der Waals surface area contributed by atoms with Gasteiger partial charge < -0.3 is 10.0 Å². The number of benzene rings is 1. The average Bonchev–Trinajstić information content (AvgIpc) is 3.08. The molecule has 2 fully saturated rings. The van der Waals surface area contributed by atoms with Crippen LogP contribution in [0, 0.1) is 0 Å².